The Hall–Kier alpha value is -2.21. The number of aromatic carboxylic acids is 1. The first kappa shape index (κ1) is 23.9. The second-order valence-electron chi connectivity index (χ2n) is 10.2. The van der Waals surface area contributed by atoms with E-state index in [2.05, 4.69) is 23.7 Å². The molecule has 0 spiro atoms. The van der Waals surface area contributed by atoms with E-state index in [4.69, 9.17) is 0 Å². The SMILES string of the molecule is C[C@H]1CC[C@@H](C[C@H](C)n2c(=O)c(C(=O)O)nc3ccccc32)N1C1CCCCCCCCC1. The fraction of sp³-hybridized carbons (Fsp3) is 0.667. The number of likely N-dealkylation sites (tertiary alicyclic amines) is 1. The third kappa shape index (κ3) is 5.32. The van der Waals surface area contributed by atoms with Crippen molar-refractivity contribution in [1.82, 2.24) is 14.5 Å². The largest absolute Gasteiger partial charge is 0.476 e. The number of carboxylic acid groups (broad SMARTS) is 1. The third-order valence-electron chi connectivity index (χ3n) is 7.90. The summed E-state index contributed by atoms with van der Waals surface area (Å²) in [5.74, 6) is -1.26. The molecule has 6 heteroatoms. The van der Waals surface area contributed by atoms with Crippen LogP contribution in [0.25, 0.3) is 11.0 Å². The Morgan fingerprint density at radius 1 is 1.03 bits per heavy atom. The van der Waals surface area contributed by atoms with E-state index in [0.29, 0.717) is 23.6 Å². The highest BCUT2D eigenvalue weighted by molar-refractivity contribution is 5.88. The number of hydrogen-bond acceptors (Lipinski definition) is 4. The van der Waals surface area contributed by atoms with Gasteiger partial charge in [-0.1, -0.05) is 57.1 Å². The molecule has 2 heterocycles. The van der Waals surface area contributed by atoms with Crippen molar-refractivity contribution >= 4 is 17.0 Å². The van der Waals surface area contributed by atoms with Gasteiger partial charge in [-0.3, -0.25) is 9.69 Å². The summed E-state index contributed by atoms with van der Waals surface area (Å²) in [6.45, 7) is 4.42. The van der Waals surface area contributed by atoms with E-state index in [-0.39, 0.29) is 11.7 Å². The van der Waals surface area contributed by atoms with Gasteiger partial charge in [0.05, 0.1) is 11.0 Å². The maximum absolute atomic E-state index is 13.1. The zero-order valence-corrected chi connectivity index (χ0v) is 20.2. The van der Waals surface area contributed by atoms with Gasteiger partial charge in [-0.2, -0.15) is 0 Å². The molecular formula is C27H39N3O3. The zero-order chi connectivity index (χ0) is 23.4. The second-order valence-corrected chi connectivity index (χ2v) is 10.2. The fourth-order valence-electron chi connectivity index (χ4n) is 6.31. The maximum Gasteiger partial charge on any atom is 0.360 e. The van der Waals surface area contributed by atoms with E-state index < -0.39 is 11.5 Å². The molecule has 2 aromatic rings. The first-order chi connectivity index (χ1) is 16.0. The van der Waals surface area contributed by atoms with Crippen LogP contribution in [0.15, 0.2) is 29.1 Å². The molecule has 0 bridgehead atoms. The standard InChI is InChI=1S/C27H39N3O3/c1-19-16-17-22(29(19)21-12-8-6-4-3-5-7-9-13-21)18-20(2)30-24-15-11-10-14-23(24)28-25(26(30)31)27(32)33/h10-11,14-15,19-22H,3-9,12-13,16-18H2,1-2H3,(H,32,33)/t19-,20-,22-/m0/s1. The first-order valence-electron chi connectivity index (χ1n) is 13.0. The Morgan fingerprint density at radius 3 is 2.33 bits per heavy atom. The van der Waals surface area contributed by atoms with Crippen LogP contribution in [0, 0.1) is 0 Å². The van der Waals surface area contributed by atoms with Gasteiger partial charge in [-0.05, 0) is 58.1 Å². The van der Waals surface area contributed by atoms with Crippen LogP contribution >= 0.6 is 0 Å². The number of nitrogens with zero attached hydrogens (tertiary/aromatic N) is 3. The molecule has 1 saturated carbocycles. The van der Waals surface area contributed by atoms with Crippen molar-refractivity contribution in [3.05, 3.63) is 40.3 Å². The van der Waals surface area contributed by atoms with Crippen molar-refractivity contribution in [1.29, 1.82) is 0 Å². The molecule has 1 aromatic heterocycles. The van der Waals surface area contributed by atoms with E-state index in [1.807, 2.05) is 18.2 Å². The number of aromatic nitrogens is 2. The van der Waals surface area contributed by atoms with Gasteiger partial charge < -0.3 is 9.67 Å². The predicted octanol–water partition coefficient (Wildman–Crippen LogP) is 5.79. The lowest BCUT2D eigenvalue weighted by molar-refractivity contribution is 0.0687. The Labute approximate surface area is 197 Å². The minimum Gasteiger partial charge on any atom is -0.476 e. The quantitative estimate of drug-likeness (QED) is 0.620. The number of para-hydroxylation sites is 2. The lowest BCUT2D eigenvalue weighted by Gasteiger charge is -2.38. The Morgan fingerprint density at radius 2 is 1.67 bits per heavy atom. The van der Waals surface area contributed by atoms with Crippen LogP contribution in [0.2, 0.25) is 0 Å². The summed E-state index contributed by atoms with van der Waals surface area (Å²) in [5.41, 5.74) is 0.399. The van der Waals surface area contributed by atoms with E-state index >= 15 is 0 Å². The lowest BCUT2D eigenvalue weighted by atomic mass is 9.94. The van der Waals surface area contributed by atoms with Gasteiger partial charge >= 0.3 is 5.97 Å². The number of carbonyl (C=O) groups is 1. The average Bonchev–Trinajstić information content (AvgIpc) is 3.16. The molecule has 180 valence electrons. The van der Waals surface area contributed by atoms with Crippen LogP contribution < -0.4 is 5.56 Å². The highest BCUT2D eigenvalue weighted by atomic mass is 16.4. The topological polar surface area (TPSA) is 75.4 Å². The van der Waals surface area contributed by atoms with E-state index in [1.165, 1.54) is 64.2 Å². The van der Waals surface area contributed by atoms with Gasteiger partial charge in [-0.15, -0.1) is 0 Å². The van der Waals surface area contributed by atoms with Crippen molar-refractivity contribution in [2.24, 2.45) is 0 Å². The molecule has 2 fully saturated rings. The summed E-state index contributed by atoms with van der Waals surface area (Å²) in [5, 5.41) is 9.57. The second kappa shape index (κ2) is 10.8. The molecule has 1 aliphatic carbocycles. The van der Waals surface area contributed by atoms with Crippen molar-refractivity contribution < 1.29 is 9.90 Å². The number of fused-ring (bicyclic) bond motifs is 1. The molecular weight excluding hydrogens is 414 g/mol. The van der Waals surface area contributed by atoms with Gasteiger partial charge in [0, 0.05) is 24.2 Å². The summed E-state index contributed by atoms with van der Waals surface area (Å²) < 4.78 is 1.68. The molecule has 0 amide bonds. The van der Waals surface area contributed by atoms with Crippen LogP contribution in [0.1, 0.15) is 107 Å². The number of rotatable bonds is 5. The summed E-state index contributed by atoms with van der Waals surface area (Å²) in [4.78, 5) is 31.8. The van der Waals surface area contributed by atoms with Gasteiger partial charge in [0.2, 0.25) is 5.69 Å². The van der Waals surface area contributed by atoms with E-state index in [9.17, 15) is 14.7 Å². The van der Waals surface area contributed by atoms with Gasteiger partial charge in [0.15, 0.2) is 0 Å². The third-order valence-corrected chi connectivity index (χ3v) is 7.90. The minimum absolute atomic E-state index is 0.0965. The van der Waals surface area contributed by atoms with Gasteiger partial charge in [0.25, 0.3) is 5.56 Å². The van der Waals surface area contributed by atoms with Crippen molar-refractivity contribution in [3.8, 4) is 0 Å². The van der Waals surface area contributed by atoms with Crippen LogP contribution in [-0.4, -0.2) is 43.7 Å². The molecule has 4 rings (SSSR count). The van der Waals surface area contributed by atoms with Crippen molar-refractivity contribution in [2.75, 3.05) is 0 Å². The zero-order valence-electron chi connectivity index (χ0n) is 20.2. The predicted molar refractivity (Wildman–Crippen MR) is 132 cm³/mol. The molecule has 1 aliphatic heterocycles. The molecule has 0 radical (unpaired) electrons. The highest BCUT2D eigenvalue weighted by Crippen LogP contribution is 2.35. The smallest absolute Gasteiger partial charge is 0.360 e. The molecule has 6 nitrogen and oxygen atoms in total. The van der Waals surface area contributed by atoms with E-state index in [0.717, 1.165) is 18.4 Å². The minimum atomic E-state index is -1.26. The summed E-state index contributed by atoms with van der Waals surface area (Å²) in [6, 6.07) is 8.90. The molecule has 33 heavy (non-hydrogen) atoms. The van der Waals surface area contributed by atoms with Crippen molar-refractivity contribution in [3.63, 3.8) is 0 Å². The van der Waals surface area contributed by atoms with Crippen LogP contribution in [0.4, 0.5) is 0 Å². The fourth-order valence-corrected chi connectivity index (χ4v) is 6.31. The number of carboxylic acids is 1. The molecule has 1 aromatic carbocycles. The number of hydrogen-bond donors (Lipinski definition) is 1. The monoisotopic (exact) mass is 453 g/mol. The summed E-state index contributed by atoms with van der Waals surface area (Å²) in [6.07, 6.45) is 15.2. The Balaban J connectivity index is 1.60. The number of benzene rings is 1. The Kier molecular flexibility index (Phi) is 7.84. The molecule has 2 aliphatic rings. The maximum atomic E-state index is 13.1. The molecule has 1 saturated heterocycles. The lowest BCUT2D eigenvalue weighted by Crippen LogP contribution is -2.44. The normalized spacial score (nSPS) is 24.7. The summed E-state index contributed by atoms with van der Waals surface area (Å²) >= 11 is 0. The van der Waals surface area contributed by atoms with E-state index in [1.54, 1.807) is 10.6 Å². The molecule has 1 N–H and O–H groups in total. The van der Waals surface area contributed by atoms with Crippen LogP contribution in [0.5, 0.6) is 0 Å². The van der Waals surface area contributed by atoms with Crippen LogP contribution in [0.3, 0.4) is 0 Å². The Bertz CT molecular complexity index is 1010. The van der Waals surface area contributed by atoms with Gasteiger partial charge in [0.1, 0.15) is 0 Å². The average molecular weight is 454 g/mol. The van der Waals surface area contributed by atoms with Gasteiger partial charge in [-0.25, -0.2) is 9.78 Å². The molecule has 3 atom stereocenters. The van der Waals surface area contributed by atoms with Crippen molar-refractivity contribution in [2.45, 2.75) is 115 Å². The highest BCUT2D eigenvalue weighted by Gasteiger charge is 2.36. The first-order valence-corrected chi connectivity index (χ1v) is 13.0. The van der Waals surface area contributed by atoms with Crippen LogP contribution in [-0.2, 0) is 0 Å². The molecule has 0 unspecified atom stereocenters. The summed E-state index contributed by atoms with van der Waals surface area (Å²) in [7, 11) is 0.